The SMILES string of the molecule is C#CC(CCC)NC1CCOc2ccc(OC)cc21. The van der Waals surface area contributed by atoms with E-state index in [1.807, 2.05) is 18.2 Å². The van der Waals surface area contributed by atoms with E-state index in [1.165, 1.54) is 0 Å². The first-order chi connectivity index (χ1) is 9.28. The standard InChI is InChI=1S/C16H21NO2/c1-4-6-12(5-2)17-15-9-10-19-16-8-7-13(18-3)11-14(15)16/h2,7-8,11-12,15,17H,4,6,9-10H2,1,3H3. The molecule has 0 radical (unpaired) electrons. The minimum atomic E-state index is 0.118. The van der Waals surface area contributed by atoms with Gasteiger partial charge in [0, 0.05) is 18.0 Å². The Morgan fingerprint density at radius 1 is 1.58 bits per heavy atom. The van der Waals surface area contributed by atoms with Crippen molar-refractivity contribution in [1.29, 1.82) is 0 Å². The monoisotopic (exact) mass is 259 g/mol. The van der Waals surface area contributed by atoms with Gasteiger partial charge >= 0.3 is 0 Å². The normalized spacial score (nSPS) is 18.9. The van der Waals surface area contributed by atoms with E-state index in [0.29, 0.717) is 0 Å². The number of terminal acetylenes is 1. The zero-order valence-corrected chi connectivity index (χ0v) is 11.6. The first-order valence-electron chi connectivity index (χ1n) is 6.81. The Balaban J connectivity index is 2.18. The number of ether oxygens (including phenoxy) is 2. The molecule has 0 saturated heterocycles. The van der Waals surface area contributed by atoms with Crippen LogP contribution >= 0.6 is 0 Å². The quantitative estimate of drug-likeness (QED) is 0.825. The van der Waals surface area contributed by atoms with Gasteiger partial charge in [-0.05, 0) is 24.6 Å². The highest BCUT2D eigenvalue weighted by atomic mass is 16.5. The van der Waals surface area contributed by atoms with Gasteiger partial charge in [0.25, 0.3) is 0 Å². The molecule has 1 aliphatic rings. The molecule has 0 bridgehead atoms. The highest BCUT2D eigenvalue weighted by Gasteiger charge is 2.23. The molecule has 2 unspecified atom stereocenters. The van der Waals surface area contributed by atoms with Crippen molar-refractivity contribution in [2.24, 2.45) is 0 Å². The fraction of sp³-hybridized carbons (Fsp3) is 0.500. The van der Waals surface area contributed by atoms with E-state index < -0.39 is 0 Å². The van der Waals surface area contributed by atoms with Crippen molar-refractivity contribution in [2.75, 3.05) is 13.7 Å². The summed E-state index contributed by atoms with van der Waals surface area (Å²) in [6.45, 7) is 2.87. The lowest BCUT2D eigenvalue weighted by atomic mass is 9.98. The molecule has 102 valence electrons. The predicted octanol–water partition coefficient (Wildman–Crippen LogP) is 2.91. The molecule has 2 atom stereocenters. The molecule has 19 heavy (non-hydrogen) atoms. The van der Waals surface area contributed by atoms with Crippen LogP contribution in [0.15, 0.2) is 18.2 Å². The van der Waals surface area contributed by atoms with Crippen LogP contribution in [-0.4, -0.2) is 19.8 Å². The van der Waals surface area contributed by atoms with Gasteiger partial charge in [-0.2, -0.15) is 0 Å². The summed E-state index contributed by atoms with van der Waals surface area (Å²) < 4.78 is 11.0. The van der Waals surface area contributed by atoms with Gasteiger partial charge in [-0.25, -0.2) is 0 Å². The zero-order valence-electron chi connectivity index (χ0n) is 11.6. The predicted molar refractivity (Wildman–Crippen MR) is 76.5 cm³/mol. The summed E-state index contributed by atoms with van der Waals surface area (Å²) in [6.07, 6.45) is 8.59. The third kappa shape index (κ3) is 3.21. The van der Waals surface area contributed by atoms with Gasteiger partial charge in [-0.15, -0.1) is 6.42 Å². The van der Waals surface area contributed by atoms with E-state index >= 15 is 0 Å². The Bertz CT molecular complexity index is 464. The summed E-state index contributed by atoms with van der Waals surface area (Å²) in [5, 5.41) is 3.54. The molecule has 0 aromatic heterocycles. The van der Waals surface area contributed by atoms with E-state index in [0.717, 1.165) is 42.9 Å². The highest BCUT2D eigenvalue weighted by Crippen LogP contribution is 2.35. The Morgan fingerprint density at radius 2 is 2.42 bits per heavy atom. The number of benzene rings is 1. The molecular weight excluding hydrogens is 238 g/mol. The van der Waals surface area contributed by atoms with Crippen LogP contribution in [-0.2, 0) is 0 Å². The maximum atomic E-state index is 5.68. The van der Waals surface area contributed by atoms with Crippen LogP contribution in [0, 0.1) is 12.3 Å². The van der Waals surface area contributed by atoms with Gasteiger partial charge in [0.15, 0.2) is 0 Å². The second-order valence-corrected chi connectivity index (χ2v) is 4.77. The third-order valence-corrected chi connectivity index (χ3v) is 3.44. The van der Waals surface area contributed by atoms with Crippen molar-refractivity contribution in [3.63, 3.8) is 0 Å². The van der Waals surface area contributed by atoms with E-state index in [1.54, 1.807) is 7.11 Å². The van der Waals surface area contributed by atoms with Crippen LogP contribution in [0.5, 0.6) is 11.5 Å². The summed E-state index contributed by atoms with van der Waals surface area (Å²) >= 11 is 0. The minimum absolute atomic E-state index is 0.118. The Labute approximate surface area is 115 Å². The third-order valence-electron chi connectivity index (χ3n) is 3.44. The molecule has 0 saturated carbocycles. The molecule has 3 nitrogen and oxygen atoms in total. The summed E-state index contributed by atoms with van der Waals surface area (Å²) in [6, 6.07) is 6.28. The molecule has 3 heteroatoms. The Kier molecular flexibility index (Phi) is 4.70. The lowest BCUT2D eigenvalue weighted by Crippen LogP contribution is -2.34. The minimum Gasteiger partial charge on any atom is -0.497 e. The van der Waals surface area contributed by atoms with Crippen molar-refractivity contribution < 1.29 is 9.47 Å². The largest absolute Gasteiger partial charge is 0.497 e. The topological polar surface area (TPSA) is 30.5 Å². The lowest BCUT2D eigenvalue weighted by Gasteiger charge is -2.29. The van der Waals surface area contributed by atoms with Gasteiger partial charge in [0.1, 0.15) is 11.5 Å². The molecule has 1 heterocycles. The maximum Gasteiger partial charge on any atom is 0.124 e. The number of rotatable bonds is 5. The number of hydrogen-bond donors (Lipinski definition) is 1. The maximum absolute atomic E-state index is 5.68. The van der Waals surface area contributed by atoms with Crippen LogP contribution < -0.4 is 14.8 Å². The van der Waals surface area contributed by atoms with E-state index in [9.17, 15) is 0 Å². The van der Waals surface area contributed by atoms with Crippen LogP contribution in [0.2, 0.25) is 0 Å². The molecule has 1 aromatic carbocycles. The summed E-state index contributed by atoms with van der Waals surface area (Å²) in [7, 11) is 1.68. The van der Waals surface area contributed by atoms with Crippen molar-refractivity contribution in [2.45, 2.75) is 38.3 Å². The molecule has 1 N–H and O–H groups in total. The highest BCUT2D eigenvalue weighted by molar-refractivity contribution is 5.43. The zero-order chi connectivity index (χ0) is 13.7. The van der Waals surface area contributed by atoms with E-state index in [-0.39, 0.29) is 12.1 Å². The Morgan fingerprint density at radius 3 is 3.11 bits per heavy atom. The van der Waals surface area contributed by atoms with Gasteiger partial charge in [-0.1, -0.05) is 19.3 Å². The first-order valence-corrected chi connectivity index (χ1v) is 6.81. The summed E-state index contributed by atoms with van der Waals surface area (Å²) in [5.41, 5.74) is 1.14. The van der Waals surface area contributed by atoms with Crippen LogP contribution in [0.1, 0.15) is 37.8 Å². The van der Waals surface area contributed by atoms with E-state index in [4.69, 9.17) is 15.9 Å². The summed E-state index contributed by atoms with van der Waals surface area (Å²) in [5.74, 6) is 4.60. The molecule has 2 rings (SSSR count). The van der Waals surface area contributed by atoms with Crippen LogP contribution in [0.4, 0.5) is 0 Å². The lowest BCUT2D eigenvalue weighted by molar-refractivity contribution is 0.247. The molecule has 1 aromatic rings. The number of methoxy groups -OCH3 is 1. The van der Waals surface area contributed by atoms with Crippen molar-refractivity contribution in [3.05, 3.63) is 23.8 Å². The van der Waals surface area contributed by atoms with Crippen LogP contribution in [0.25, 0.3) is 0 Å². The van der Waals surface area contributed by atoms with Gasteiger partial charge in [0.05, 0.1) is 19.8 Å². The van der Waals surface area contributed by atoms with Gasteiger partial charge in [-0.3, -0.25) is 5.32 Å². The van der Waals surface area contributed by atoms with Gasteiger partial charge < -0.3 is 9.47 Å². The van der Waals surface area contributed by atoms with Crippen molar-refractivity contribution in [1.82, 2.24) is 5.32 Å². The molecule has 0 amide bonds. The van der Waals surface area contributed by atoms with Crippen molar-refractivity contribution >= 4 is 0 Å². The Hall–Kier alpha value is -1.66. The number of hydrogen-bond acceptors (Lipinski definition) is 3. The van der Waals surface area contributed by atoms with Gasteiger partial charge in [0.2, 0.25) is 0 Å². The van der Waals surface area contributed by atoms with Crippen LogP contribution in [0.3, 0.4) is 0 Å². The average Bonchev–Trinajstić information content (AvgIpc) is 2.46. The average molecular weight is 259 g/mol. The first kappa shape index (κ1) is 13.8. The fourth-order valence-electron chi connectivity index (χ4n) is 2.42. The molecule has 1 aliphatic heterocycles. The molecule has 0 fully saturated rings. The second-order valence-electron chi connectivity index (χ2n) is 4.77. The number of fused-ring (bicyclic) bond motifs is 1. The second kappa shape index (κ2) is 6.49. The van der Waals surface area contributed by atoms with E-state index in [2.05, 4.69) is 18.2 Å². The molecule has 0 spiro atoms. The van der Waals surface area contributed by atoms with Crippen molar-refractivity contribution in [3.8, 4) is 23.8 Å². The molecular formula is C16H21NO2. The smallest absolute Gasteiger partial charge is 0.124 e. The fourth-order valence-corrected chi connectivity index (χ4v) is 2.42. The molecule has 0 aliphatic carbocycles. The number of nitrogens with one attached hydrogen (secondary N) is 1. The summed E-state index contributed by atoms with van der Waals surface area (Å²) in [4.78, 5) is 0.